The summed E-state index contributed by atoms with van der Waals surface area (Å²) in [5.74, 6) is 0.783. The molecule has 15 heavy (non-hydrogen) atoms. The van der Waals surface area contributed by atoms with Gasteiger partial charge in [-0.2, -0.15) is 0 Å². The van der Waals surface area contributed by atoms with E-state index in [1.165, 1.54) is 0 Å². The van der Waals surface area contributed by atoms with Crippen molar-refractivity contribution in [3.05, 3.63) is 0 Å². The highest BCUT2D eigenvalue weighted by Gasteiger charge is 2.15. The molecule has 0 heterocycles. The Kier molecular flexibility index (Phi) is 7.34. The van der Waals surface area contributed by atoms with Gasteiger partial charge in [-0.05, 0) is 31.7 Å². The number of hydrogen-bond donors (Lipinski definition) is 3. The summed E-state index contributed by atoms with van der Waals surface area (Å²) in [6.45, 7) is 6.54. The maximum atomic E-state index is 11.5. The van der Waals surface area contributed by atoms with Gasteiger partial charge in [-0.15, -0.1) is 0 Å². The minimum Gasteiger partial charge on any atom is -0.394 e. The van der Waals surface area contributed by atoms with Gasteiger partial charge in [-0.25, -0.2) is 0 Å². The molecule has 90 valence electrons. The number of nitrogens with two attached hydrogens (primary N) is 1. The van der Waals surface area contributed by atoms with E-state index in [4.69, 9.17) is 10.8 Å². The number of nitrogens with one attached hydrogen (secondary N) is 1. The number of rotatable bonds is 7. The Hall–Kier alpha value is -0.610. The van der Waals surface area contributed by atoms with Crippen LogP contribution in [-0.4, -0.2) is 30.2 Å². The number of aliphatic hydroxyl groups is 1. The number of carbonyl (C=O) groups excluding carboxylic acids is 1. The van der Waals surface area contributed by atoms with Crippen molar-refractivity contribution in [2.24, 2.45) is 17.6 Å². The standard InChI is InChI=1S/C11H24N2O2/c1-8(2)4-10(6-12)5-11(15)13-9(3)7-14/h8-10,14H,4-7,12H2,1-3H3,(H,13,15). The third-order valence-corrected chi connectivity index (χ3v) is 2.29. The van der Waals surface area contributed by atoms with Crippen LogP contribution in [0.3, 0.4) is 0 Å². The summed E-state index contributed by atoms with van der Waals surface area (Å²) in [5, 5.41) is 11.5. The quantitative estimate of drug-likeness (QED) is 0.580. The Labute approximate surface area is 92.2 Å². The average molecular weight is 216 g/mol. The molecule has 0 bridgehead atoms. The largest absolute Gasteiger partial charge is 0.394 e. The van der Waals surface area contributed by atoms with Gasteiger partial charge in [0.15, 0.2) is 0 Å². The van der Waals surface area contributed by atoms with E-state index in [0.717, 1.165) is 6.42 Å². The van der Waals surface area contributed by atoms with E-state index in [0.29, 0.717) is 18.9 Å². The lowest BCUT2D eigenvalue weighted by Gasteiger charge is -2.18. The summed E-state index contributed by atoms with van der Waals surface area (Å²) < 4.78 is 0. The van der Waals surface area contributed by atoms with E-state index in [9.17, 15) is 4.79 Å². The molecule has 0 aliphatic rings. The van der Waals surface area contributed by atoms with Gasteiger partial charge >= 0.3 is 0 Å². The van der Waals surface area contributed by atoms with Gasteiger partial charge in [0, 0.05) is 12.5 Å². The Balaban J connectivity index is 3.90. The minimum absolute atomic E-state index is 0.0207. The molecular formula is C11H24N2O2. The first-order chi connectivity index (χ1) is 6.99. The number of amides is 1. The molecular weight excluding hydrogens is 192 g/mol. The molecule has 0 saturated carbocycles. The van der Waals surface area contributed by atoms with Crippen LogP contribution in [0.4, 0.5) is 0 Å². The highest BCUT2D eigenvalue weighted by atomic mass is 16.3. The van der Waals surface area contributed by atoms with Gasteiger partial charge < -0.3 is 16.2 Å². The zero-order valence-electron chi connectivity index (χ0n) is 9.99. The van der Waals surface area contributed by atoms with Gasteiger partial charge in [-0.3, -0.25) is 4.79 Å². The second-order valence-electron chi connectivity index (χ2n) is 4.59. The van der Waals surface area contributed by atoms with Gasteiger partial charge in [0.2, 0.25) is 5.91 Å². The summed E-state index contributed by atoms with van der Waals surface area (Å²) in [5.41, 5.74) is 5.60. The number of carbonyl (C=O) groups is 1. The van der Waals surface area contributed by atoms with Crippen LogP contribution in [0.25, 0.3) is 0 Å². The molecule has 2 unspecified atom stereocenters. The minimum atomic E-state index is -0.171. The SMILES string of the molecule is CC(C)CC(CN)CC(=O)NC(C)CO. The van der Waals surface area contributed by atoms with Crippen molar-refractivity contribution < 1.29 is 9.90 Å². The summed E-state index contributed by atoms with van der Waals surface area (Å²) in [4.78, 5) is 11.5. The first-order valence-electron chi connectivity index (χ1n) is 5.59. The molecule has 0 spiro atoms. The maximum Gasteiger partial charge on any atom is 0.220 e. The van der Waals surface area contributed by atoms with E-state index in [1.54, 1.807) is 6.92 Å². The lowest BCUT2D eigenvalue weighted by molar-refractivity contribution is -0.122. The molecule has 0 rings (SSSR count). The van der Waals surface area contributed by atoms with Crippen LogP contribution in [0.1, 0.15) is 33.6 Å². The van der Waals surface area contributed by atoms with E-state index in [1.807, 2.05) is 0 Å². The van der Waals surface area contributed by atoms with E-state index >= 15 is 0 Å². The summed E-state index contributed by atoms with van der Waals surface area (Å²) in [6.07, 6.45) is 1.43. The van der Waals surface area contributed by atoms with Crippen molar-refractivity contribution in [1.29, 1.82) is 0 Å². The van der Waals surface area contributed by atoms with Gasteiger partial charge in [0.1, 0.15) is 0 Å². The molecule has 0 fully saturated rings. The molecule has 4 heteroatoms. The number of aliphatic hydroxyl groups excluding tert-OH is 1. The smallest absolute Gasteiger partial charge is 0.220 e. The topological polar surface area (TPSA) is 75.4 Å². The fourth-order valence-corrected chi connectivity index (χ4v) is 1.57. The zero-order chi connectivity index (χ0) is 11.8. The molecule has 4 nitrogen and oxygen atoms in total. The normalized spacial score (nSPS) is 15.1. The maximum absolute atomic E-state index is 11.5. The second kappa shape index (κ2) is 7.65. The van der Waals surface area contributed by atoms with Crippen LogP contribution < -0.4 is 11.1 Å². The first kappa shape index (κ1) is 14.4. The molecule has 0 saturated heterocycles. The third kappa shape index (κ3) is 7.33. The molecule has 1 amide bonds. The molecule has 0 aliphatic carbocycles. The van der Waals surface area contributed by atoms with Crippen molar-refractivity contribution in [2.45, 2.75) is 39.7 Å². The summed E-state index contributed by atoms with van der Waals surface area (Å²) in [6, 6.07) is -0.171. The van der Waals surface area contributed by atoms with Gasteiger partial charge in [0.25, 0.3) is 0 Å². The third-order valence-electron chi connectivity index (χ3n) is 2.29. The van der Waals surface area contributed by atoms with Crippen LogP contribution in [0, 0.1) is 11.8 Å². The molecule has 0 aromatic heterocycles. The molecule has 0 aromatic rings. The number of hydrogen-bond acceptors (Lipinski definition) is 3. The van der Waals surface area contributed by atoms with E-state index in [-0.39, 0.29) is 24.5 Å². The van der Waals surface area contributed by atoms with Crippen molar-refractivity contribution in [3.63, 3.8) is 0 Å². The van der Waals surface area contributed by atoms with E-state index < -0.39 is 0 Å². The van der Waals surface area contributed by atoms with Crippen molar-refractivity contribution in [1.82, 2.24) is 5.32 Å². The predicted molar refractivity (Wildman–Crippen MR) is 61.3 cm³/mol. The Morgan fingerprint density at radius 3 is 2.40 bits per heavy atom. The average Bonchev–Trinajstić information content (AvgIpc) is 2.15. The Morgan fingerprint density at radius 1 is 1.40 bits per heavy atom. The fourth-order valence-electron chi connectivity index (χ4n) is 1.57. The van der Waals surface area contributed by atoms with Crippen molar-refractivity contribution >= 4 is 5.91 Å². The van der Waals surface area contributed by atoms with Crippen LogP contribution in [0.2, 0.25) is 0 Å². The van der Waals surface area contributed by atoms with Crippen LogP contribution >= 0.6 is 0 Å². The Bertz CT molecular complexity index is 183. The van der Waals surface area contributed by atoms with Crippen molar-refractivity contribution in [2.75, 3.05) is 13.2 Å². The first-order valence-corrected chi connectivity index (χ1v) is 5.59. The monoisotopic (exact) mass is 216 g/mol. The van der Waals surface area contributed by atoms with E-state index in [2.05, 4.69) is 19.2 Å². The van der Waals surface area contributed by atoms with Gasteiger partial charge in [-0.1, -0.05) is 13.8 Å². The lowest BCUT2D eigenvalue weighted by atomic mass is 9.94. The summed E-state index contributed by atoms with van der Waals surface area (Å²) in [7, 11) is 0. The van der Waals surface area contributed by atoms with Crippen molar-refractivity contribution in [3.8, 4) is 0 Å². The lowest BCUT2D eigenvalue weighted by Crippen LogP contribution is -2.37. The summed E-state index contributed by atoms with van der Waals surface area (Å²) >= 11 is 0. The molecule has 2 atom stereocenters. The van der Waals surface area contributed by atoms with Crippen LogP contribution in [-0.2, 0) is 4.79 Å². The van der Waals surface area contributed by atoms with Crippen LogP contribution in [0.5, 0.6) is 0 Å². The highest BCUT2D eigenvalue weighted by Crippen LogP contribution is 2.13. The molecule has 0 aliphatic heterocycles. The van der Waals surface area contributed by atoms with Gasteiger partial charge in [0.05, 0.1) is 6.61 Å². The van der Waals surface area contributed by atoms with Crippen LogP contribution in [0.15, 0.2) is 0 Å². The predicted octanol–water partition coefficient (Wildman–Crippen LogP) is 0.495. The fraction of sp³-hybridized carbons (Fsp3) is 0.909. The molecule has 0 radical (unpaired) electrons. The molecule has 4 N–H and O–H groups in total. The highest BCUT2D eigenvalue weighted by molar-refractivity contribution is 5.76. The Morgan fingerprint density at radius 2 is 2.00 bits per heavy atom. The second-order valence-corrected chi connectivity index (χ2v) is 4.59. The molecule has 0 aromatic carbocycles. The zero-order valence-corrected chi connectivity index (χ0v) is 9.99.